The summed E-state index contributed by atoms with van der Waals surface area (Å²) >= 11 is 0. The molecule has 2 aliphatic heterocycles. The number of nitrogens with one attached hydrogen (secondary N) is 2. The minimum atomic E-state index is 0.585. The van der Waals surface area contributed by atoms with Gasteiger partial charge in [0.25, 0.3) is 0 Å². The molecule has 0 radical (unpaired) electrons. The lowest BCUT2D eigenvalue weighted by atomic mass is 9.98. The van der Waals surface area contributed by atoms with E-state index in [4.69, 9.17) is 4.74 Å². The van der Waals surface area contributed by atoms with Gasteiger partial charge in [-0.25, -0.2) is 0 Å². The van der Waals surface area contributed by atoms with Gasteiger partial charge in [0.1, 0.15) is 0 Å². The molecule has 0 saturated carbocycles. The zero-order valence-electron chi connectivity index (χ0n) is 9.09. The van der Waals surface area contributed by atoms with Crippen molar-refractivity contribution in [3.63, 3.8) is 0 Å². The van der Waals surface area contributed by atoms with Crippen molar-refractivity contribution >= 4 is 0 Å². The molecule has 3 unspecified atom stereocenters. The van der Waals surface area contributed by atoms with Crippen LogP contribution in [0.25, 0.3) is 0 Å². The highest BCUT2D eigenvalue weighted by Crippen LogP contribution is 2.12. The van der Waals surface area contributed by atoms with Gasteiger partial charge in [-0.1, -0.05) is 6.42 Å². The summed E-state index contributed by atoms with van der Waals surface area (Å²) in [5.41, 5.74) is 0. The molecule has 3 nitrogen and oxygen atoms in total. The van der Waals surface area contributed by atoms with Crippen molar-refractivity contribution < 1.29 is 4.74 Å². The van der Waals surface area contributed by atoms with Crippen LogP contribution in [0.4, 0.5) is 0 Å². The van der Waals surface area contributed by atoms with Gasteiger partial charge < -0.3 is 15.4 Å². The van der Waals surface area contributed by atoms with Gasteiger partial charge in [0, 0.05) is 24.7 Å². The zero-order chi connectivity index (χ0) is 9.80. The van der Waals surface area contributed by atoms with E-state index in [9.17, 15) is 0 Å². The Morgan fingerprint density at radius 3 is 2.93 bits per heavy atom. The molecule has 0 spiro atoms. The second-order valence-electron chi connectivity index (χ2n) is 4.57. The van der Waals surface area contributed by atoms with Crippen LogP contribution in [0, 0.1) is 0 Å². The van der Waals surface area contributed by atoms with Crippen LogP contribution in [0.1, 0.15) is 32.6 Å². The van der Waals surface area contributed by atoms with Gasteiger partial charge in [0.15, 0.2) is 0 Å². The molecule has 0 aliphatic carbocycles. The molecule has 2 heterocycles. The lowest BCUT2D eigenvalue weighted by molar-refractivity contribution is 0.185. The monoisotopic (exact) mass is 198 g/mol. The fourth-order valence-corrected chi connectivity index (χ4v) is 2.46. The van der Waals surface area contributed by atoms with Gasteiger partial charge >= 0.3 is 0 Å². The SMILES string of the molecule is CC(NC1CCOC1)C1CCCCN1. The molecule has 2 N–H and O–H groups in total. The standard InChI is InChI=1S/C11H22N2O/c1-9(11-4-2-3-6-12-11)13-10-5-7-14-8-10/h9-13H,2-8H2,1H3. The lowest BCUT2D eigenvalue weighted by Crippen LogP contribution is -2.51. The molecule has 2 rings (SSSR count). The van der Waals surface area contributed by atoms with E-state index in [0.717, 1.165) is 13.2 Å². The van der Waals surface area contributed by atoms with E-state index in [2.05, 4.69) is 17.6 Å². The highest BCUT2D eigenvalue weighted by molar-refractivity contribution is 4.85. The van der Waals surface area contributed by atoms with E-state index in [-0.39, 0.29) is 0 Å². The number of ether oxygens (including phenoxy) is 1. The molecular weight excluding hydrogens is 176 g/mol. The summed E-state index contributed by atoms with van der Waals surface area (Å²) in [6.45, 7) is 5.32. The summed E-state index contributed by atoms with van der Waals surface area (Å²) in [5, 5.41) is 7.25. The van der Waals surface area contributed by atoms with Crippen LogP contribution in [0.2, 0.25) is 0 Å². The summed E-state index contributed by atoms with van der Waals surface area (Å²) in [7, 11) is 0. The summed E-state index contributed by atoms with van der Waals surface area (Å²) < 4.78 is 5.36. The van der Waals surface area contributed by atoms with Crippen LogP contribution < -0.4 is 10.6 Å². The molecule has 0 amide bonds. The van der Waals surface area contributed by atoms with Crippen molar-refractivity contribution in [2.75, 3.05) is 19.8 Å². The largest absolute Gasteiger partial charge is 0.380 e. The second-order valence-corrected chi connectivity index (χ2v) is 4.57. The minimum absolute atomic E-state index is 0.585. The van der Waals surface area contributed by atoms with E-state index in [1.807, 2.05) is 0 Å². The van der Waals surface area contributed by atoms with Crippen LogP contribution in [-0.4, -0.2) is 37.9 Å². The Balaban J connectivity index is 1.72. The maximum atomic E-state index is 5.36. The maximum absolute atomic E-state index is 5.36. The van der Waals surface area contributed by atoms with Crippen molar-refractivity contribution in [1.29, 1.82) is 0 Å². The third-order valence-electron chi connectivity index (χ3n) is 3.38. The normalized spacial score (nSPS) is 35.8. The van der Waals surface area contributed by atoms with Gasteiger partial charge in [-0.2, -0.15) is 0 Å². The summed E-state index contributed by atoms with van der Waals surface area (Å²) in [6, 6.07) is 1.85. The molecular formula is C11H22N2O. The Kier molecular flexibility index (Phi) is 3.79. The molecule has 2 fully saturated rings. The van der Waals surface area contributed by atoms with Gasteiger partial charge in [-0.05, 0) is 32.7 Å². The maximum Gasteiger partial charge on any atom is 0.0620 e. The number of hydrogen-bond acceptors (Lipinski definition) is 3. The zero-order valence-corrected chi connectivity index (χ0v) is 9.09. The second kappa shape index (κ2) is 5.10. The summed E-state index contributed by atoms with van der Waals surface area (Å²) in [5.74, 6) is 0. The molecule has 2 aliphatic rings. The average molecular weight is 198 g/mol. The molecule has 0 aromatic carbocycles. The quantitative estimate of drug-likeness (QED) is 0.707. The molecule has 3 atom stereocenters. The molecule has 82 valence electrons. The Labute approximate surface area is 86.6 Å². The van der Waals surface area contributed by atoms with Gasteiger partial charge in [-0.3, -0.25) is 0 Å². The molecule has 3 heteroatoms. The highest BCUT2D eigenvalue weighted by atomic mass is 16.5. The first-order valence-electron chi connectivity index (χ1n) is 5.93. The molecule has 2 saturated heterocycles. The van der Waals surface area contributed by atoms with E-state index in [1.54, 1.807) is 0 Å². The Bertz CT molecular complexity index is 163. The third-order valence-corrected chi connectivity index (χ3v) is 3.38. The van der Waals surface area contributed by atoms with E-state index >= 15 is 0 Å². The fraction of sp³-hybridized carbons (Fsp3) is 1.00. The van der Waals surface area contributed by atoms with Crippen LogP contribution in [0.3, 0.4) is 0 Å². The van der Waals surface area contributed by atoms with E-state index in [0.29, 0.717) is 18.1 Å². The number of hydrogen-bond donors (Lipinski definition) is 2. The topological polar surface area (TPSA) is 33.3 Å². The smallest absolute Gasteiger partial charge is 0.0620 e. The van der Waals surface area contributed by atoms with Gasteiger partial charge in [0.2, 0.25) is 0 Å². The molecule has 14 heavy (non-hydrogen) atoms. The van der Waals surface area contributed by atoms with E-state index < -0.39 is 0 Å². The predicted octanol–water partition coefficient (Wildman–Crippen LogP) is 0.895. The van der Waals surface area contributed by atoms with Crippen LogP contribution in [0.5, 0.6) is 0 Å². The third kappa shape index (κ3) is 2.69. The Hall–Kier alpha value is -0.120. The number of piperidine rings is 1. The van der Waals surface area contributed by atoms with Crippen LogP contribution >= 0.6 is 0 Å². The van der Waals surface area contributed by atoms with Gasteiger partial charge in [0.05, 0.1) is 6.61 Å². The van der Waals surface area contributed by atoms with Crippen LogP contribution in [-0.2, 0) is 4.74 Å². The first-order valence-corrected chi connectivity index (χ1v) is 5.93. The summed E-state index contributed by atoms with van der Waals surface area (Å²) in [4.78, 5) is 0. The van der Waals surface area contributed by atoms with Crippen molar-refractivity contribution in [3.8, 4) is 0 Å². The predicted molar refractivity (Wildman–Crippen MR) is 57.5 cm³/mol. The van der Waals surface area contributed by atoms with Crippen molar-refractivity contribution in [2.45, 2.75) is 50.7 Å². The lowest BCUT2D eigenvalue weighted by Gasteiger charge is -2.31. The van der Waals surface area contributed by atoms with E-state index in [1.165, 1.54) is 32.2 Å². The summed E-state index contributed by atoms with van der Waals surface area (Å²) in [6.07, 6.45) is 5.22. The molecule has 0 bridgehead atoms. The average Bonchev–Trinajstić information content (AvgIpc) is 2.72. The molecule has 0 aromatic rings. The van der Waals surface area contributed by atoms with Crippen LogP contribution in [0.15, 0.2) is 0 Å². The fourth-order valence-electron chi connectivity index (χ4n) is 2.46. The number of rotatable bonds is 3. The van der Waals surface area contributed by atoms with Gasteiger partial charge in [-0.15, -0.1) is 0 Å². The van der Waals surface area contributed by atoms with Crippen molar-refractivity contribution in [3.05, 3.63) is 0 Å². The first kappa shape index (κ1) is 10.4. The Morgan fingerprint density at radius 1 is 1.36 bits per heavy atom. The highest BCUT2D eigenvalue weighted by Gasteiger charge is 2.23. The van der Waals surface area contributed by atoms with Crippen molar-refractivity contribution in [1.82, 2.24) is 10.6 Å². The Morgan fingerprint density at radius 2 is 2.29 bits per heavy atom. The minimum Gasteiger partial charge on any atom is -0.380 e. The van der Waals surface area contributed by atoms with Crippen molar-refractivity contribution in [2.24, 2.45) is 0 Å². The molecule has 0 aromatic heterocycles. The first-order chi connectivity index (χ1) is 6.86.